The second kappa shape index (κ2) is 7.64. The van der Waals surface area contributed by atoms with Gasteiger partial charge in [0.15, 0.2) is 0 Å². The predicted molar refractivity (Wildman–Crippen MR) is 93.0 cm³/mol. The highest BCUT2D eigenvalue weighted by atomic mass is 16.6. The molecule has 1 aliphatic carbocycles. The highest BCUT2D eigenvalue weighted by Gasteiger charge is 2.26. The summed E-state index contributed by atoms with van der Waals surface area (Å²) in [5, 5.41) is 13.9. The highest BCUT2D eigenvalue weighted by molar-refractivity contribution is 5.79. The van der Waals surface area contributed by atoms with Gasteiger partial charge in [-0.1, -0.05) is 19.3 Å². The first-order valence-corrected chi connectivity index (χ1v) is 8.93. The Morgan fingerprint density at radius 1 is 1.04 bits per heavy atom. The smallest absolute Gasteiger partial charge is 0.269 e. The standard InChI is InChI=1S/C18H25N3O3/c22-18(14-4-2-1-3-5-14)19-15-10-12-20(13-11-15)16-6-8-17(9-7-16)21(23)24/h6-9,14-15H,1-5,10-13H2,(H,19,22). The van der Waals surface area contributed by atoms with E-state index in [1.54, 1.807) is 24.3 Å². The van der Waals surface area contributed by atoms with Crippen LogP contribution in [0.25, 0.3) is 0 Å². The molecule has 1 heterocycles. The number of rotatable bonds is 4. The Morgan fingerprint density at radius 3 is 2.25 bits per heavy atom. The third kappa shape index (κ3) is 4.04. The van der Waals surface area contributed by atoms with Crippen molar-refractivity contribution in [3.05, 3.63) is 34.4 Å². The van der Waals surface area contributed by atoms with Gasteiger partial charge in [0.25, 0.3) is 5.69 Å². The van der Waals surface area contributed by atoms with Crippen molar-refractivity contribution in [1.82, 2.24) is 5.32 Å². The van der Waals surface area contributed by atoms with E-state index in [4.69, 9.17) is 0 Å². The number of amides is 1. The lowest BCUT2D eigenvalue weighted by Crippen LogP contribution is -2.46. The van der Waals surface area contributed by atoms with E-state index >= 15 is 0 Å². The van der Waals surface area contributed by atoms with E-state index in [9.17, 15) is 14.9 Å². The van der Waals surface area contributed by atoms with Crippen LogP contribution in [-0.4, -0.2) is 30.0 Å². The summed E-state index contributed by atoms with van der Waals surface area (Å²) in [5.74, 6) is 0.454. The summed E-state index contributed by atoms with van der Waals surface area (Å²) in [7, 11) is 0. The van der Waals surface area contributed by atoms with Crippen molar-refractivity contribution >= 4 is 17.3 Å². The molecule has 1 amide bonds. The number of nitro groups is 1. The molecule has 0 bridgehead atoms. The maximum Gasteiger partial charge on any atom is 0.269 e. The van der Waals surface area contributed by atoms with Crippen molar-refractivity contribution in [2.75, 3.05) is 18.0 Å². The number of benzene rings is 1. The zero-order chi connectivity index (χ0) is 16.9. The minimum atomic E-state index is -0.378. The third-order valence-corrected chi connectivity index (χ3v) is 5.24. The van der Waals surface area contributed by atoms with Gasteiger partial charge < -0.3 is 10.2 Å². The number of anilines is 1. The molecule has 130 valence electrons. The van der Waals surface area contributed by atoms with E-state index in [1.807, 2.05) is 0 Å². The van der Waals surface area contributed by atoms with E-state index in [-0.39, 0.29) is 28.5 Å². The minimum absolute atomic E-state index is 0.119. The van der Waals surface area contributed by atoms with E-state index in [0.29, 0.717) is 0 Å². The van der Waals surface area contributed by atoms with Crippen molar-refractivity contribution in [3.63, 3.8) is 0 Å². The van der Waals surface area contributed by atoms with E-state index in [2.05, 4.69) is 10.2 Å². The van der Waals surface area contributed by atoms with Crippen molar-refractivity contribution < 1.29 is 9.72 Å². The largest absolute Gasteiger partial charge is 0.371 e. The highest BCUT2D eigenvalue weighted by Crippen LogP contribution is 2.25. The van der Waals surface area contributed by atoms with Crippen LogP contribution in [0.1, 0.15) is 44.9 Å². The molecular formula is C18H25N3O3. The number of nitro benzene ring substituents is 1. The average Bonchev–Trinajstić information content (AvgIpc) is 2.63. The molecule has 1 aromatic carbocycles. The molecule has 2 fully saturated rings. The molecule has 0 radical (unpaired) electrons. The van der Waals surface area contributed by atoms with Gasteiger partial charge in [0.05, 0.1) is 4.92 Å². The quantitative estimate of drug-likeness (QED) is 0.679. The number of carbonyl (C=O) groups excluding carboxylic acids is 1. The van der Waals surface area contributed by atoms with Gasteiger partial charge in [0.1, 0.15) is 0 Å². The molecule has 0 aromatic heterocycles. The summed E-state index contributed by atoms with van der Waals surface area (Å²) < 4.78 is 0. The van der Waals surface area contributed by atoms with Gasteiger partial charge in [0, 0.05) is 42.9 Å². The third-order valence-electron chi connectivity index (χ3n) is 5.24. The van der Waals surface area contributed by atoms with Crippen LogP contribution in [0.3, 0.4) is 0 Å². The van der Waals surface area contributed by atoms with Crippen LogP contribution >= 0.6 is 0 Å². The molecule has 0 unspecified atom stereocenters. The van der Waals surface area contributed by atoms with Gasteiger partial charge in [-0.2, -0.15) is 0 Å². The Morgan fingerprint density at radius 2 is 1.67 bits per heavy atom. The van der Waals surface area contributed by atoms with Crippen LogP contribution in [0.4, 0.5) is 11.4 Å². The Hall–Kier alpha value is -2.11. The molecule has 6 heteroatoms. The van der Waals surface area contributed by atoms with E-state index in [1.165, 1.54) is 19.3 Å². The van der Waals surface area contributed by atoms with Gasteiger partial charge >= 0.3 is 0 Å². The first-order chi connectivity index (χ1) is 11.6. The summed E-state index contributed by atoms with van der Waals surface area (Å²) in [4.78, 5) is 24.9. The molecule has 6 nitrogen and oxygen atoms in total. The maximum atomic E-state index is 12.3. The summed E-state index contributed by atoms with van der Waals surface area (Å²) in [6, 6.07) is 6.96. The fraction of sp³-hybridized carbons (Fsp3) is 0.611. The molecule has 1 saturated heterocycles. The van der Waals surface area contributed by atoms with Crippen molar-refractivity contribution in [3.8, 4) is 0 Å². The number of hydrogen-bond acceptors (Lipinski definition) is 4. The maximum absolute atomic E-state index is 12.3. The van der Waals surface area contributed by atoms with Crippen molar-refractivity contribution in [1.29, 1.82) is 0 Å². The fourth-order valence-corrected chi connectivity index (χ4v) is 3.75. The van der Waals surface area contributed by atoms with Crippen LogP contribution in [0.5, 0.6) is 0 Å². The molecule has 24 heavy (non-hydrogen) atoms. The summed E-state index contributed by atoms with van der Waals surface area (Å²) in [6.45, 7) is 1.74. The first kappa shape index (κ1) is 16.7. The van der Waals surface area contributed by atoms with Crippen molar-refractivity contribution in [2.45, 2.75) is 51.0 Å². The molecule has 0 spiro atoms. The van der Waals surface area contributed by atoms with Crippen molar-refractivity contribution in [2.24, 2.45) is 5.92 Å². The van der Waals surface area contributed by atoms with Crippen LogP contribution < -0.4 is 10.2 Å². The average molecular weight is 331 g/mol. The first-order valence-electron chi connectivity index (χ1n) is 8.93. The zero-order valence-electron chi connectivity index (χ0n) is 13.9. The molecule has 3 rings (SSSR count). The monoisotopic (exact) mass is 331 g/mol. The zero-order valence-corrected chi connectivity index (χ0v) is 13.9. The topological polar surface area (TPSA) is 75.5 Å². The molecule has 1 saturated carbocycles. The van der Waals surface area contributed by atoms with Gasteiger partial charge in [-0.25, -0.2) is 0 Å². The summed E-state index contributed by atoms with van der Waals surface area (Å²) >= 11 is 0. The van der Waals surface area contributed by atoms with Gasteiger partial charge in [-0.15, -0.1) is 0 Å². The Labute approximate surface area is 142 Å². The fourth-order valence-electron chi connectivity index (χ4n) is 3.75. The van der Waals surface area contributed by atoms with Gasteiger partial charge in [-0.3, -0.25) is 14.9 Å². The second-order valence-electron chi connectivity index (χ2n) is 6.88. The lowest BCUT2D eigenvalue weighted by molar-refractivity contribution is -0.384. The lowest BCUT2D eigenvalue weighted by Gasteiger charge is -2.34. The predicted octanol–water partition coefficient (Wildman–Crippen LogP) is 3.26. The van der Waals surface area contributed by atoms with Gasteiger partial charge in [0.2, 0.25) is 5.91 Å². The molecule has 1 N–H and O–H groups in total. The molecule has 0 atom stereocenters. The number of piperidine rings is 1. The van der Waals surface area contributed by atoms with Crippen LogP contribution in [-0.2, 0) is 4.79 Å². The van der Waals surface area contributed by atoms with E-state index in [0.717, 1.165) is 44.5 Å². The van der Waals surface area contributed by atoms with Crippen LogP contribution in [0.15, 0.2) is 24.3 Å². The minimum Gasteiger partial charge on any atom is -0.371 e. The Kier molecular flexibility index (Phi) is 5.33. The van der Waals surface area contributed by atoms with Gasteiger partial charge in [-0.05, 0) is 37.8 Å². The molecule has 1 aliphatic heterocycles. The number of non-ortho nitro benzene ring substituents is 1. The second-order valence-corrected chi connectivity index (χ2v) is 6.88. The lowest BCUT2D eigenvalue weighted by atomic mass is 9.88. The molecular weight excluding hydrogens is 306 g/mol. The molecule has 1 aromatic rings. The normalized spacial score (nSPS) is 19.9. The van der Waals surface area contributed by atoms with E-state index < -0.39 is 0 Å². The Bertz CT molecular complexity index is 574. The Balaban J connectivity index is 1.48. The summed E-state index contributed by atoms with van der Waals surface area (Å²) in [6.07, 6.45) is 7.54. The number of hydrogen-bond donors (Lipinski definition) is 1. The van der Waals surface area contributed by atoms with Crippen LogP contribution in [0, 0.1) is 16.0 Å². The number of nitrogens with one attached hydrogen (secondary N) is 1. The SMILES string of the molecule is O=C(NC1CCN(c2ccc([N+](=O)[O-])cc2)CC1)C1CCCCC1. The number of nitrogens with zero attached hydrogens (tertiary/aromatic N) is 2. The summed E-state index contributed by atoms with van der Waals surface area (Å²) in [5.41, 5.74) is 1.13. The molecule has 2 aliphatic rings. The van der Waals surface area contributed by atoms with Crippen LogP contribution in [0.2, 0.25) is 0 Å². The number of carbonyl (C=O) groups is 1.